The predicted molar refractivity (Wildman–Crippen MR) is 76.7 cm³/mol. The molecule has 0 atom stereocenters. The number of hydrogen-bond acceptors (Lipinski definition) is 6. The molecule has 7 heteroatoms. The van der Waals surface area contributed by atoms with Crippen LogP contribution >= 0.6 is 0 Å². The summed E-state index contributed by atoms with van der Waals surface area (Å²) in [7, 11) is 3.31. The number of ether oxygens (including phenoxy) is 2. The van der Waals surface area contributed by atoms with E-state index < -0.39 is 4.92 Å². The molecule has 1 aromatic heterocycles. The van der Waals surface area contributed by atoms with Gasteiger partial charge >= 0.3 is 0 Å². The van der Waals surface area contributed by atoms with Crippen LogP contribution in [0.3, 0.4) is 0 Å². The van der Waals surface area contributed by atoms with Crippen LogP contribution in [0.15, 0.2) is 36.7 Å². The van der Waals surface area contributed by atoms with E-state index >= 15 is 0 Å². The number of non-ortho nitro benzene ring substituents is 1. The molecule has 0 aliphatic heterocycles. The van der Waals surface area contributed by atoms with Gasteiger partial charge in [0.25, 0.3) is 5.69 Å². The lowest BCUT2D eigenvalue weighted by atomic mass is 10.2. The van der Waals surface area contributed by atoms with Crippen LogP contribution in [0.2, 0.25) is 0 Å². The molecule has 0 amide bonds. The molecule has 0 fully saturated rings. The number of aromatic nitrogens is 1. The minimum atomic E-state index is -0.484. The molecule has 1 aromatic carbocycles. The second-order valence-electron chi connectivity index (χ2n) is 4.25. The van der Waals surface area contributed by atoms with Gasteiger partial charge in [0.15, 0.2) is 11.5 Å². The number of nitro groups is 1. The number of nitrogens with one attached hydrogen (secondary N) is 1. The Morgan fingerprint density at radius 3 is 2.76 bits per heavy atom. The average molecular weight is 289 g/mol. The summed E-state index contributed by atoms with van der Waals surface area (Å²) in [5.74, 6) is 1.18. The van der Waals surface area contributed by atoms with Gasteiger partial charge in [-0.2, -0.15) is 0 Å². The average Bonchev–Trinajstić information content (AvgIpc) is 2.48. The zero-order valence-electron chi connectivity index (χ0n) is 11.7. The molecule has 1 N–H and O–H groups in total. The fourth-order valence-electron chi connectivity index (χ4n) is 1.81. The van der Waals surface area contributed by atoms with Crippen LogP contribution in [0.4, 0.5) is 5.69 Å². The Morgan fingerprint density at radius 2 is 2.10 bits per heavy atom. The normalized spacial score (nSPS) is 10.2. The van der Waals surface area contributed by atoms with Crippen LogP contribution in [0.1, 0.15) is 5.56 Å². The van der Waals surface area contributed by atoms with Crippen LogP contribution in [-0.2, 0) is 6.54 Å². The van der Waals surface area contributed by atoms with Crippen molar-refractivity contribution in [1.82, 2.24) is 10.3 Å². The van der Waals surface area contributed by atoms with E-state index in [4.69, 9.17) is 9.47 Å². The minimum Gasteiger partial charge on any atom is -0.493 e. The monoisotopic (exact) mass is 289 g/mol. The van der Waals surface area contributed by atoms with Gasteiger partial charge in [0.2, 0.25) is 0 Å². The third-order valence-electron chi connectivity index (χ3n) is 2.74. The molecule has 1 heterocycles. The second kappa shape index (κ2) is 6.67. The molecule has 0 saturated carbocycles. The maximum absolute atomic E-state index is 10.8. The highest BCUT2D eigenvalue weighted by Crippen LogP contribution is 2.34. The van der Waals surface area contributed by atoms with Gasteiger partial charge < -0.3 is 14.8 Å². The quantitative estimate of drug-likeness (QED) is 0.649. The Bertz CT molecular complexity index is 646. The van der Waals surface area contributed by atoms with Crippen molar-refractivity contribution in [2.75, 3.05) is 14.2 Å². The third kappa shape index (κ3) is 3.67. The first-order chi connectivity index (χ1) is 10.1. The largest absolute Gasteiger partial charge is 0.493 e. The van der Waals surface area contributed by atoms with Crippen molar-refractivity contribution in [1.29, 1.82) is 0 Å². The fraction of sp³-hybridized carbons (Fsp3) is 0.214. The minimum absolute atomic E-state index is 0.0647. The van der Waals surface area contributed by atoms with Gasteiger partial charge in [0, 0.05) is 18.8 Å². The zero-order chi connectivity index (χ0) is 15.2. The van der Waals surface area contributed by atoms with E-state index in [0.29, 0.717) is 18.0 Å². The molecule has 21 heavy (non-hydrogen) atoms. The highest BCUT2D eigenvalue weighted by molar-refractivity contribution is 5.50. The van der Waals surface area contributed by atoms with E-state index in [9.17, 15) is 10.1 Å². The maximum atomic E-state index is 10.8. The molecule has 0 saturated heterocycles. The molecule has 0 spiro atoms. The Morgan fingerprint density at radius 1 is 1.29 bits per heavy atom. The number of nitro benzene ring substituents is 1. The summed E-state index contributed by atoms with van der Waals surface area (Å²) in [6, 6.07) is 5.99. The SMILES string of the molecule is CNCc1cncc(Oc2cc([N+](=O)[O-])ccc2OC)c1. The number of rotatable bonds is 6. The van der Waals surface area contributed by atoms with Crippen molar-refractivity contribution in [3.05, 3.63) is 52.3 Å². The van der Waals surface area contributed by atoms with Gasteiger partial charge in [0.1, 0.15) is 5.75 Å². The van der Waals surface area contributed by atoms with Crippen LogP contribution in [0.5, 0.6) is 17.2 Å². The summed E-state index contributed by atoms with van der Waals surface area (Å²) in [6.07, 6.45) is 3.26. The standard InChI is InChI=1S/C14H15N3O4/c1-15-7-10-5-12(9-16-8-10)21-14-6-11(17(18)19)3-4-13(14)20-2/h3-6,8-9,15H,7H2,1-2H3. The van der Waals surface area contributed by atoms with Crippen LogP contribution in [-0.4, -0.2) is 24.1 Å². The summed E-state index contributed by atoms with van der Waals surface area (Å²) < 4.78 is 10.8. The van der Waals surface area contributed by atoms with Crippen LogP contribution < -0.4 is 14.8 Å². The first-order valence-electron chi connectivity index (χ1n) is 6.23. The smallest absolute Gasteiger partial charge is 0.273 e. The Balaban J connectivity index is 2.31. The lowest BCUT2D eigenvalue weighted by Crippen LogP contribution is -2.05. The maximum Gasteiger partial charge on any atom is 0.273 e. The van der Waals surface area contributed by atoms with E-state index in [1.165, 1.54) is 31.5 Å². The van der Waals surface area contributed by atoms with Gasteiger partial charge in [0.05, 0.1) is 24.3 Å². The molecule has 0 bridgehead atoms. The number of nitrogens with zero attached hydrogens (tertiary/aromatic N) is 2. The van der Waals surface area contributed by atoms with Gasteiger partial charge in [-0.1, -0.05) is 0 Å². The van der Waals surface area contributed by atoms with Crippen molar-refractivity contribution < 1.29 is 14.4 Å². The van der Waals surface area contributed by atoms with Crippen LogP contribution in [0, 0.1) is 10.1 Å². The highest BCUT2D eigenvalue weighted by Gasteiger charge is 2.13. The molecule has 110 valence electrons. The number of pyridine rings is 1. The lowest BCUT2D eigenvalue weighted by Gasteiger charge is -2.10. The van der Waals surface area contributed by atoms with Crippen molar-refractivity contribution >= 4 is 5.69 Å². The molecule has 0 unspecified atom stereocenters. The highest BCUT2D eigenvalue weighted by atomic mass is 16.6. The summed E-state index contributed by atoms with van der Waals surface area (Å²) in [5.41, 5.74) is 0.879. The molecule has 0 aliphatic carbocycles. The van der Waals surface area contributed by atoms with Gasteiger partial charge in [-0.15, -0.1) is 0 Å². The third-order valence-corrected chi connectivity index (χ3v) is 2.74. The fourth-order valence-corrected chi connectivity index (χ4v) is 1.81. The van der Waals surface area contributed by atoms with Crippen LogP contribution in [0.25, 0.3) is 0 Å². The zero-order valence-corrected chi connectivity index (χ0v) is 11.7. The molecule has 2 rings (SSSR count). The number of hydrogen-bond donors (Lipinski definition) is 1. The van der Waals surface area contributed by atoms with Crippen molar-refractivity contribution in [3.63, 3.8) is 0 Å². The topological polar surface area (TPSA) is 86.5 Å². The van der Waals surface area contributed by atoms with Gasteiger partial charge in [-0.25, -0.2) is 0 Å². The van der Waals surface area contributed by atoms with Crippen molar-refractivity contribution in [2.24, 2.45) is 0 Å². The molecular weight excluding hydrogens is 274 g/mol. The summed E-state index contributed by atoms with van der Waals surface area (Å²) in [4.78, 5) is 14.4. The van der Waals surface area contributed by atoms with Gasteiger partial charge in [-0.3, -0.25) is 15.1 Å². The Labute approximate surface area is 121 Å². The lowest BCUT2D eigenvalue weighted by molar-refractivity contribution is -0.384. The van der Waals surface area contributed by atoms with E-state index in [1.54, 1.807) is 6.20 Å². The van der Waals surface area contributed by atoms with E-state index in [1.807, 2.05) is 13.1 Å². The van der Waals surface area contributed by atoms with E-state index in [0.717, 1.165) is 5.56 Å². The first kappa shape index (κ1) is 14.7. The van der Waals surface area contributed by atoms with E-state index in [-0.39, 0.29) is 11.4 Å². The van der Waals surface area contributed by atoms with Gasteiger partial charge in [-0.05, 0) is 24.7 Å². The number of methoxy groups -OCH3 is 1. The van der Waals surface area contributed by atoms with Crippen molar-refractivity contribution in [2.45, 2.75) is 6.54 Å². The first-order valence-corrected chi connectivity index (χ1v) is 6.23. The molecule has 7 nitrogen and oxygen atoms in total. The summed E-state index contributed by atoms with van der Waals surface area (Å²) >= 11 is 0. The molecule has 0 radical (unpaired) electrons. The summed E-state index contributed by atoms with van der Waals surface area (Å²) in [5, 5.41) is 13.8. The Hall–Kier alpha value is -2.67. The number of benzene rings is 1. The molecule has 2 aromatic rings. The second-order valence-corrected chi connectivity index (χ2v) is 4.25. The van der Waals surface area contributed by atoms with Crippen molar-refractivity contribution in [3.8, 4) is 17.2 Å². The molecular formula is C14H15N3O4. The Kier molecular flexibility index (Phi) is 4.68. The molecule has 0 aliphatic rings. The van der Waals surface area contributed by atoms with E-state index in [2.05, 4.69) is 10.3 Å². The summed E-state index contributed by atoms with van der Waals surface area (Å²) in [6.45, 7) is 0.649. The predicted octanol–water partition coefficient (Wildman–Crippen LogP) is 2.51.